The van der Waals surface area contributed by atoms with E-state index in [1.54, 1.807) is 0 Å². The van der Waals surface area contributed by atoms with Crippen LogP contribution in [-0.4, -0.2) is 29.8 Å². The Bertz CT molecular complexity index is 532. The van der Waals surface area contributed by atoms with E-state index in [1.165, 1.54) is 12.1 Å². The molecule has 1 heterocycles. The maximum Gasteiger partial charge on any atom is 0.229 e. The molecule has 1 aromatic carbocycles. The Morgan fingerprint density at radius 2 is 1.90 bits per heavy atom. The first-order valence-corrected chi connectivity index (χ1v) is 7.05. The molecule has 1 aromatic rings. The quantitative estimate of drug-likeness (QED) is 0.847. The third kappa shape index (κ3) is 3.44. The first-order chi connectivity index (χ1) is 10.0. The first kappa shape index (κ1) is 15.6. The maximum absolute atomic E-state index is 13.9. The summed E-state index contributed by atoms with van der Waals surface area (Å²) in [5, 5.41) is 3.00. The molecule has 1 fully saturated rings. The lowest BCUT2D eigenvalue weighted by Gasteiger charge is -2.29. The zero-order valence-corrected chi connectivity index (χ0v) is 11.9. The number of likely N-dealkylation sites (tertiary alicyclic amines) is 1. The Morgan fingerprint density at radius 1 is 1.24 bits per heavy atom. The number of halogens is 2. The van der Waals surface area contributed by atoms with E-state index in [0.717, 1.165) is 11.0 Å². The van der Waals surface area contributed by atoms with Crippen molar-refractivity contribution in [2.45, 2.75) is 32.2 Å². The molecule has 0 spiro atoms. The Kier molecular flexibility index (Phi) is 5.01. The number of carbonyl (C=O) groups excluding carboxylic acids is 2. The highest BCUT2D eigenvalue weighted by molar-refractivity contribution is 5.97. The highest BCUT2D eigenvalue weighted by Crippen LogP contribution is 2.22. The number of carbonyl (C=O) groups is 2. The van der Waals surface area contributed by atoms with Gasteiger partial charge in [-0.2, -0.15) is 0 Å². The predicted molar refractivity (Wildman–Crippen MR) is 73.3 cm³/mol. The van der Waals surface area contributed by atoms with Crippen molar-refractivity contribution in [1.29, 1.82) is 0 Å². The summed E-state index contributed by atoms with van der Waals surface area (Å²) in [5.74, 6) is -2.40. The van der Waals surface area contributed by atoms with Crippen LogP contribution in [0.25, 0.3) is 0 Å². The molecule has 0 saturated carbocycles. The molecule has 1 aliphatic heterocycles. The second-order valence-corrected chi connectivity index (χ2v) is 5.00. The Morgan fingerprint density at radius 3 is 2.52 bits per heavy atom. The van der Waals surface area contributed by atoms with Crippen LogP contribution >= 0.6 is 0 Å². The highest BCUT2D eigenvalue weighted by atomic mass is 19.2. The minimum absolute atomic E-state index is 0.0197. The summed E-state index contributed by atoms with van der Waals surface area (Å²) >= 11 is 0. The average molecular weight is 296 g/mol. The number of hydrogen-bond donors (Lipinski definition) is 1. The van der Waals surface area contributed by atoms with Gasteiger partial charge in [0.2, 0.25) is 11.8 Å². The zero-order chi connectivity index (χ0) is 15.4. The summed E-state index contributed by atoms with van der Waals surface area (Å²) in [4.78, 5) is 24.8. The van der Waals surface area contributed by atoms with Crippen LogP contribution in [0.5, 0.6) is 0 Å². The van der Waals surface area contributed by atoms with Gasteiger partial charge in [0.25, 0.3) is 0 Å². The summed E-state index contributed by atoms with van der Waals surface area (Å²) in [7, 11) is 0. The van der Waals surface area contributed by atoms with Gasteiger partial charge in [0.1, 0.15) is 0 Å². The van der Waals surface area contributed by atoms with Crippen molar-refractivity contribution in [3.05, 3.63) is 35.4 Å². The molecule has 21 heavy (non-hydrogen) atoms. The number of imide groups is 1. The van der Waals surface area contributed by atoms with Gasteiger partial charge in [0, 0.05) is 24.9 Å². The lowest BCUT2D eigenvalue weighted by Crippen LogP contribution is -2.45. The predicted octanol–water partition coefficient (Wildman–Crippen LogP) is 2.15. The number of nitrogens with zero attached hydrogens (tertiary/aromatic N) is 1. The fourth-order valence-corrected chi connectivity index (χ4v) is 2.49. The minimum atomic E-state index is -0.944. The number of nitrogens with one attached hydrogen (secondary N) is 1. The van der Waals surface area contributed by atoms with Crippen LogP contribution in [0.3, 0.4) is 0 Å². The van der Waals surface area contributed by atoms with Crippen molar-refractivity contribution in [2.24, 2.45) is 0 Å². The molecule has 2 rings (SSSR count). The molecule has 0 aromatic heterocycles. The van der Waals surface area contributed by atoms with Crippen LogP contribution in [0.2, 0.25) is 0 Å². The van der Waals surface area contributed by atoms with E-state index in [2.05, 4.69) is 5.32 Å². The summed E-state index contributed by atoms with van der Waals surface area (Å²) < 4.78 is 27.3. The largest absolute Gasteiger partial charge is 0.309 e. The SMILES string of the molecule is CCNC(CN1C(=O)CCCC1=O)c1cccc(F)c1F. The van der Waals surface area contributed by atoms with Gasteiger partial charge in [0.15, 0.2) is 11.6 Å². The standard InChI is InChI=1S/C15H18F2N2O2/c1-2-18-12(10-5-3-6-11(16)15(10)17)9-19-13(20)7-4-8-14(19)21/h3,5-6,12,18H,2,4,7-9H2,1H3. The van der Waals surface area contributed by atoms with Crippen LogP contribution in [0.15, 0.2) is 18.2 Å². The molecular weight excluding hydrogens is 278 g/mol. The molecule has 1 N–H and O–H groups in total. The zero-order valence-electron chi connectivity index (χ0n) is 11.9. The fourth-order valence-electron chi connectivity index (χ4n) is 2.49. The van der Waals surface area contributed by atoms with E-state index < -0.39 is 17.7 Å². The molecule has 6 heteroatoms. The van der Waals surface area contributed by atoms with Crippen LogP contribution in [0, 0.1) is 11.6 Å². The summed E-state index contributed by atoms with van der Waals surface area (Å²) in [5.41, 5.74) is 0.128. The molecule has 4 nitrogen and oxygen atoms in total. The average Bonchev–Trinajstić information content (AvgIpc) is 2.45. The molecule has 0 aliphatic carbocycles. The molecular formula is C15H18F2N2O2. The highest BCUT2D eigenvalue weighted by Gasteiger charge is 2.29. The number of benzene rings is 1. The van der Waals surface area contributed by atoms with Crippen LogP contribution in [-0.2, 0) is 9.59 Å². The van der Waals surface area contributed by atoms with Gasteiger partial charge in [-0.1, -0.05) is 19.1 Å². The molecule has 0 radical (unpaired) electrons. The van der Waals surface area contributed by atoms with Crippen molar-refractivity contribution in [2.75, 3.05) is 13.1 Å². The first-order valence-electron chi connectivity index (χ1n) is 7.05. The topological polar surface area (TPSA) is 49.4 Å². The monoisotopic (exact) mass is 296 g/mol. The van der Waals surface area contributed by atoms with Crippen molar-refractivity contribution in [1.82, 2.24) is 10.2 Å². The molecule has 2 amide bonds. The molecule has 1 aliphatic rings. The third-order valence-corrected chi connectivity index (χ3v) is 3.56. The van der Waals surface area contributed by atoms with Gasteiger partial charge >= 0.3 is 0 Å². The Balaban J connectivity index is 2.24. The van der Waals surface area contributed by atoms with E-state index in [0.29, 0.717) is 25.8 Å². The van der Waals surface area contributed by atoms with Crippen molar-refractivity contribution < 1.29 is 18.4 Å². The van der Waals surface area contributed by atoms with Gasteiger partial charge in [-0.3, -0.25) is 14.5 Å². The molecule has 114 valence electrons. The van der Waals surface area contributed by atoms with E-state index in [1.807, 2.05) is 6.92 Å². The summed E-state index contributed by atoms with van der Waals surface area (Å²) in [6, 6.07) is 3.30. The van der Waals surface area contributed by atoms with Crippen molar-refractivity contribution in [3.63, 3.8) is 0 Å². The van der Waals surface area contributed by atoms with Crippen LogP contribution in [0.4, 0.5) is 8.78 Å². The van der Waals surface area contributed by atoms with Crippen LogP contribution in [0.1, 0.15) is 37.8 Å². The van der Waals surface area contributed by atoms with E-state index in [-0.39, 0.29) is 23.9 Å². The fraction of sp³-hybridized carbons (Fsp3) is 0.467. The molecule has 1 atom stereocenters. The Hall–Kier alpha value is -1.82. The number of likely N-dealkylation sites (N-methyl/N-ethyl adjacent to an activating group) is 1. The number of rotatable bonds is 5. The van der Waals surface area contributed by atoms with E-state index >= 15 is 0 Å². The van der Waals surface area contributed by atoms with E-state index in [4.69, 9.17) is 0 Å². The summed E-state index contributed by atoms with van der Waals surface area (Å²) in [6.45, 7) is 2.35. The second kappa shape index (κ2) is 6.76. The number of piperidine rings is 1. The van der Waals surface area contributed by atoms with Crippen LogP contribution < -0.4 is 5.32 Å². The van der Waals surface area contributed by atoms with Gasteiger partial charge in [-0.05, 0) is 19.0 Å². The van der Waals surface area contributed by atoms with Crippen molar-refractivity contribution >= 4 is 11.8 Å². The smallest absolute Gasteiger partial charge is 0.229 e. The van der Waals surface area contributed by atoms with Gasteiger partial charge in [0.05, 0.1) is 6.04 Å². The second-order valence-electron chi connectivity index (χ2n) is 5.00. The van der Waals surface area contributed by atoms with Crippen molar-refractivity contribution in [3.8, 4) is 0 Å². The molecule has 0 bridgehead atoms. The maximum atomic E-state index is 13.9. The summed E-state index contributed by atoms with van der Waals surface area (Å²) in [6.07, 6.45) is 1.18. The normalized spacial score (nSPS) is 17.2. The van der Waals surface area contributed by atoms with Gasteiger partial charge in [-0.15, -0.1) is 0 Å². The van der Waals surface area contributed by atoms with E-state index in [9.17, 15) is 18.4 Å². The molecule has 1 unspecified atom stereocenters. The number of hydrogen-bond acceptors (Lipinski definition) is 3. The lowest BCUT2D eigenvalue weighted by molar-refractivity contribution is -0.148. The van der Waals surface area contributed by atoms with Gasteiger partial charge in [-0.25, -0.2) is 8.78 Å². The molecule has 1 saturated heterocycles. The van der Waals surface area contributed by atoms with Gasteiger partial charge < -0.3 is 5.32 Å². The lowest BCUT2D eigenvalue weighted by atomic mass is 10.0. The Labute approximate surface area is 122 Å². The number of amides is 2. The minimum Gasteiger partial charge on any atom is -0.309 e. The third-order valence-electron chi connectivity index (χ3n) is 3.56.